The Bertz CT molecular complexity index is 916. The number of hydrogen-bond donors (Lipinski definition) is 5. The maximum Gasteiger partial charge on any atom is 0.404 e. The minimum Gasteiger partial charge on any atom is -0.480 e. The van der Waals surface area contributed by atoms with Crippen LogP contribution in [-0.2, 0) is 20.9 Å². The van der Waals surface area contributed by atoms with E-state index in [0.717, 1.165) is 5.56 Å². The Morgan fingerprint density at radius 2 is 2.24 bits per heavy atom. The molecule has 0 spiro atoms. The van der Waals surface area contributed by atoms with Gasteiger partial charge >= 0.3 is 12.1 Å². The van der Waals surface area contributed by atoms with Crippen molar-refractivity contribution in [3.8, 4) is 0 Å². The molecular formula is C18H22N6O5. The highest BCUT2D eigenvalue weighted by molar-refractivity contribution is 6.08. The van der Waals surface area contributed by atoms with Crippen molar-refractivity contribution in [3.05, 3.63) is 35.2 Å². The molecule has 1 aromatic heterocycles. The van der Waals surface area contributed by atoms with Crippen molar-refractivity contribution in [2.24, 2.45) is 16.9 Å². The Morgan fingerprint density at radius 3 is 2.86 bits per heavy atom. The highest BCUT2D eigenvalue weighted by Crippen LogP contribution is 2.49. The van der Waals surface area contributed by atoms with Crippen LogP contribution in [0.3, 0.4) is 0 Å². The van der Waals surface area contributed by atoms with Crippen molar-refractivity contribution in [2.45, 2.75) is 32.0 Å². The number of primary amides is 1. The lowest BCUT2D eigenvalue weighted by Crippen LogP contribution is -2.58. The summed E-state index contributed by atoms with van der Waals surface area (Å²) in [6, 6.07) is 1.97. The molecule has 154 valence electrons. The highest BCUT2D eigenvalue weighted by atomic mass is 16.5. The minimum atomic E-state index is -1.16. The summed E-state index contributed by atoms with van der Waals surface area (Å²) in [6.07, 6.45) is 2.52. The number of ether oxygens (including phenoxy) is 1. The number of carboxylic acid groups (broad SMARTS) is 1. The van der Waals surface area contributed by atoms with Gasteiger partial charge in [0.15, 0.2) is 5.96 Å². The van der Waals surface area contributed by atoms with Crippen LogP contribution < -0.4 is 16.8 Å². The standard InChI is InChI=1S/C18H22N6O5/c1-18(8-29-17(21)28)6-12-11(14(25)24(12)13(18)15(26)27)5-10-4-9(2-3-22-10)7-23-16(19)20/h2-5,12-13H,6-8H2,1H3,(H2,21,28)(H,26,27)(H4,19,20,23)/b11-5+/t12?,13-,18-/m0/s1. The fraction of sp³-hybridized carbons (Fsp3) is 0.389. The predicted molar refractivity (Wildman–Crippen MR) is 101 cm³/mol. The van der Waals surface area contributed by atoms with Gasteiger partial charge in [-0.25, -0.2) is 9.59 Å². The second-order valence-corrected chi connectivity index (χ2v) is 7.39. The van der Waals surface area contributed by atoms with Crippen molar-refractivity contribution in [1.82, 2.24) is 15.2 Å². The molecule has 11 heteroatoms. The van der Waals surface area contributed by atoms with Crippen LogP contribution in [0, 0.1) is 10.8 Å². The number of carbonyl (C=O) groups is 3. The number of aliphatic carboxylic acids is 1. The van der Waals surface area contributed by atoms with E-state index in [-0.39, 0.29) is 18.5 Å². The van der Waals surface area contributed by atoms with E-state index in [4.69, 9.17) is 21.6 Å². The zero-order chi connectivity index (χ0) is 21.3. The molecule has 3 atom stereocenters. The summed E-state index contributed by atoms with van der Waals surface area (Å²) < 4.78 is 4.86. The van der Waals surface area contributed by atoms with Gasteiger partial charge < -0.3 is 31.5 Å². The van der Waals surface area contributed by atoms with Gasteiger partial charge in [-0.1, -0.05) is 6.92 Å². The molecule has 0 saturated carbocycles. The number of nitrogens with one attached hydrogen (secondary N) is 2. The molecule has 3 heterocycles. The number of β-lactam (4-membered cyclic amide) rings is 1. The molecular weight excluding hydrogens is 380 g/mol. The second kappa shape index (κ2) is 7.41. The van der Waals surface area contributed by atoms with Crippen LogP contribution >= 0.6 is 0 Å². The van der Waals surface area contributed by atoms with E-state index in [2.05, 4.69) is 10.3 Å². The predicted octanol–water partition coefficient (Wildman–Crippen LogP) is -0.383. The summed E-state index contributed by atoms with van der Waals surface area (Å²) >= 11 is 0. The van der Waals surface area contributed by atoms with E-state index in [1.54, 1.807) is 31.3 Å². The first-order chi connectivity index (χ1) is 13.6. The highest BCUT2D eigenvalue weighted by Gasteiger charge is 2.62. The van der Waals surface area contributed by atoms with Crippen LogP contribution in [0.1, 0.15) is 24.6 Å². The van der Waals surface area contributed by atoms with Gasteiger partial charge in [-0.05, 0) is 30.2 Å². The number of carboxylic acids is 1. The van der Waals surface area contributed by atoms with Crippen LogP contribution in [0.2, 0.25) is 0 Å². The zero-order valence-electron chi connectivity index (χ0n) is 15.7. The Morgan fingerprint density at radius 1 is 1.52 bits per heavy atom. The van der Waals surface area contributed by atoms with Crippen molar-refractivity contribution in [3.63, 3.8) is 0 Å². The van der Waals surface area contributed by atoms with Gasteiger partial charge in [-0.15, -0.1) is 0 Å². The van der Waals surface area contributed by atoms with E-state index < -0.39 is 29.6 Å². The third-order valence-electron chi connectivity index (χ3n) is 5.18. The lowest BCUT2D eigenvalue weighted by molar-refractivity contribution is -0.155. The third-order valence-corrected chi connectivity index (χ3v) is 5.18. The van der Waals surface area contributed by atoms with E-state index in [1.807, 2.05) is 0 Å². The number of guanidine groups is 1. The number of amides is 2. The molecule has 2 saturated heterocycles. The van der Waals surface area contributed by atoms with Gasteiger partial charge in [0.1, 0.15) is 12.6 Å². The molecule has 7 N–H and O–H groups in total. The Labute approximate surface area is 166 Å². The molecule has 0 aliphatic carbocycles. The summed E-state index contributed by atoms with van der Waals surface area (Å²) in [5.41, 5.74) is 11.1. The second-order valence-electron chi connectivity index (χ2n) is 7.39. The minimum absolute atomic E-state index is 0.158. The quantitative estimate of drug-likeness (QED) is 0.184. The van der Waals surface area contributed by atoms with E-state index in [0.29, 0.717) is 24.2 Å². The maximum atomic E-state index is 12.7. The number of nitrogens with two attached hydrogens (primary N) is 2. The molecule has 0 bridgehead atoms. The van der Waals surface area contributed by atoms with Gasteiger partial charge in [0.05, 0.1) is 11.7 Å². The van der Waals surface area contributed by atoms with Crippen molar-refractivity contribution >= 4 is 30.0 Å². The fourth-order valence-corrected chi connectivity index (χ4v) is 3.90. The van der Waals surface area contributed by atoms with Crippen LogP contribution in [0.5, 0.6) is 0 Å². The molecule has 2 amide bonds. The fourth-order valence-electron chi connectivity index (χ4n) is 3.90. The number of fused-ring (bicyclic) bond motifs is 1. The van der Waals surface area contributed by atoms with E-state index >= 15 is 0 Å². The Hall–Kier alpha value is -3.63. The molecule has 0 radical (unpaired) electrons. The summed E-state index contributed by atoms with van der Waals surface area (Å²) in [5.74, 6) is -1.71. The van der Waals surface area contributed by atoms with Gasteiger partial charge in [0.25, 0.3) is 5.91 Å². The summed E-state index contributed by atoms with van der Waals surface area (Å²) in [5, 5.41) is 19.5. The number of pyridine rings is 1. The van der Waals surface area contributed by atoms with Crippen molar-refractivity contribution in [2.75, 3.05) is 6.61 Å². The van der Waals surface area contributed by atoms with Gasteiger partial charge in [-0.2, -0.15) is 0 Å². The van der Waals surface area contributed by atoms with Crippen LogP contribution in [0.25, 0.3) is 6.08 Å². The first kappa shape index (κ1) is 20.1. The summed E-state index contributed by atoms with van der Waals surface area (Å²) in [6.45, 7) is 1.79. The molecule has 1 aromatic rings. The number of aromatic nitrogens is 1. The SMILES string of the molecule is C[C@@]1(COC(N)=O)CC2/C(=C\c3cc(CNC(=N)N)ccn3)C(=O)N2[C@H]1C(=O)O. The van der Waals surface area contributed by atoms with Crippen molar-refractivity contribution < 1.29 is 24.2 Å². The van der Waals surface area contributed by atoms with Crippen LogP contribution in [0.15, 0.2) is 23.9 Å². The van der Waals surface area contributed by atoms with Gasteiger partial charge in [0.2, 0.25) is 0 Å². The largest absolute Gasteiger partial charge is 0.480 e. The molecule has 29 heavy (non-hydrogen) atoms. The van der Waals surface area contributed by atoms with Crippen LogP contribution in [-0.4, -0.2) is 57.6 Å². The molecule has 0 aromatic carbocycles. The molecule has 11 nitrogen and oxygen atoms in total. The number of rotatable bonds is 6. The summed E-state index contributed by atoms with van der Waals surface area (Å²) in [4.78, 5) is 41.0. The maximum absolute atomic E-state index is 12.7. The number of carbonyl (C=O) groups excluding carboxylic acids is 2. The normalized spacial score (nSPS) is 26.6. The molecule has 2 fully saturated rings. The van der Waals surface area contributed by atoms with Crippen molar-refractivity contribution in [1.29, 1.82) is 5.41 Å². The monoisotopic (exact) mass is 402 g/mol. The van der Waals surface area contributed by atoms with E-state index in [1.165, 1.54) is 4.90 Å². The van der Waals surface area contributed by atoms with E-state index in [9.17, 15) is 19.5 Å². The average molecular weight is 402 g/mol. The first-order valence-corrected chi connectivity index (χ1v) is 8.84. The first-order valence-electron chi connectivity index (χ1n) is 8.84. The van der Waals surface area contributed by atoms with Crippen LogP contribution in [0.4, 0.5) is 4.79 Å². The van der Waals surface area contributed by atoms with Gasteiger partial charge in [0, 0.05) is 23.7 Å². The Kier molecular flexibility index (Phi) is 5.14. The lowest BCUT2D eigenvalue weighted by Gasteiger charge is -2.40. The zero-order valence-corrected chi connectivity index (χ0v) is 15.7. The molecule has 2 aliphatic heterocycles. The molecule has 1 unspecified atom stereocenters. The average Bonchev–Trinajstić information content (AvgIpc) is 2.94. The van der Waals surface area contributed by atoms with Gasteiger partial charge in [-0.3, -0.25) is 15.2 Å². The number of nitrogens with zero attached hydrogens (tertiary/aromatic N) is 2. The summed E-state index contributed by atoms with van der Waals surface area (Å²) in [7, 11) is 0. The molecule has 2 aliphatic rings. The number of hydrogen-bond acceptors (Lipinski definition) is 6. The topological polar surface area (TPSA) is 185 Å². The molecule has 3 rings (SSSR count). The lowest BCUT2D eigenvalue weighted by atomic mass is 9.81. The smallest absolute Gasteiger partial charge is 0.404 e. The third kappa shape index (κ3) is 3.84. The Balaban J connectivity index is 1.83.